The van der Waals surface area contributed by atoms with Crippen molar-refractivity contribution in [3.05, 3.63) is 42.6 Å². The second-order valence-corrected chi connectivity index (χ2v) is 3.81. The highest BCUT2D eigenvalue weighted by atomic mass is 19.1. The van der Waals surface area contributed by atoms with Crippen molar-refractivity contribution in [3.63, 3.8) is 0 Å². The van der Waals surface area contributed by atoms with E-state index >= 15 is 0 Å². The monoisotopic (exact) mass is 244 g/mol. The fourth-order valence-electron chi connectivity index (χ4n) is 1.86. The predicted molar refractivity (Wildman–Crippen MR) is 64.9 cm³/mol. The van der Waals surface area contributed by atoms with E-state index < -0.39 is 5.82 Å². The van der Waals surface area contributed by atoms with Gasteiger partial charge in [-0.3, -0.25) is 0 Å². The molecule has 0 amide bonds. The topological polar surface area (TPSA) is 77.0 Å². The first-order valence-corrected chi connectivity index (χ1v) is 5.23. The van der Waals surface area contributed by atoms with E-state index in [0.717, 1.165) is 0 Å². The zero-order chi connectivity index (χ0) is 12.7. The lowest BCUT2D eigenvalue weighted by molar-refractivity contribution is 0.432. The van der Waals surface area contributed by atoms with Gasteiger partial charge in [-0.1, -0.05) is 0 Å². The first-order valence-electron chi connectivity index (χ1n) is 5.23. The van der Waals surface area contributed by atoms with Crippen LogP contribution in [0, 0.1) is 5.82 Å². The number of phenolic OH excluding ortho intramolecular Hbond substituents is 1. The second-order valence-electron chi connectivity index (χ2n) is 3.81. The number of nitrogens with zero attached hydrogens (tertiary/aromatic N) is 3. The van der Waals surface area contributed by atoms with Crippen LogP contribution in [0.5, 0.6) is 5.75 Å². The molecule has 0 unspecified atom stereocenters. The summed E-state index contributed by atoms with van der Waals surface area (Å²) in [5.41, 5.74) is 7.63. The fraction of sp³-hybridized carbons (Fsp3) is 0. The first kappa shape index (κ1) is 10.5. The summed E-state index contributed by atoms with van der Waals surface area (Å²) in [6.45, 7) is 0. The van der Waals surface area contributed by atoms with Crippen LogP contribution in [-0.4, -0.2) is 19.6 Å². The highest BCUT2D eigenvalue weighted by molar-refractivity contribution is 5.86. The minimum atomic E-state index is -0.690. The van der Waals surface area contributed by atoms with Crippen molar-refractivity contribution < 1.29 is 9.50 Å². The van der Waals surface area contributed by atoms with Gasteiger partial charge >= 0.3 is 0 Å². The third-order valence-corrected chi connectivity index (χ3v) is 2.71. The number of benzene rings is 1. The number of nitrogen functional groups attached to an aromatic ring is 1. The third kappa shape index (κ3) is 1.46. The van der Waals surface area contributed by atoms with Gasteiger partial charge in [-0.2, -0.15) is 0 Å². The molecular formula is C12H9FN4O. The standard InChI is InChI=1S/C12H9FN4O/c13-8-5-7(1-2-10(8)18)17-4-3-9-11(17)12(14)16-6-15-9/h1-6,18H,(H2,14,15,16). The normalized spacial score (nSPS) is 10.9. The van der Waals surface area contributed by atoms with E-state index in [1.165, 1.54) is 18.5 Å². The van der Waals surface area contributed by atoms with Gasteiger partial charge in [0.1, 0.15) is 11.8 Å². The van der Waals surface area contributed by atoms with E-state index in [0.29, 0.717) is 22.5 Å². The molecule has 0 aliphatic carbocycles. The zero-order valence-corrected chi connectivity index (χ0v) is 9.21. The number of halogens is 1. The van der Waals surface area contributed by atoms with Crippen molar-refractivity contribution in [2.45, 2.75) is 0 Å². The predicted octanol–water partition coefficient (Wildman–Crippen LogP) is 1.85. The van der Waals surface area contributed by atoms with Gasteiger partial charge in [0.25, 0.3) is 0 Å². The highest BCUT2D eigenvalue weighted by Crippen LogP contribution is 2.25. The van der Waals surface area contributed by atoms with E-state index in [4.69, 9.17) is 5.73 Å². The molecule has 5 nitrogen and oxygen atoms in total. The number of phenols is 1. The minimum Gasteiger partial charge on any atom is -0.505 e. The summed E-state index contributed by atoms with van der Waals surface area (Å²) in [4.78, 5) is 7.98. The molecule has 0 bridgehead atoms. The Bertz CT molecular complexity index is 738. The van der Waals surface area contributed by atoms with E-state index in [1.807, 2.05) is 0 Å². The van der Waals surface area contributed by atoms with Crippen molar-refractivity contribution in [1.82, 2.24) is 14.5 Å². The highest BCUT2D eigenvalue weighted by Gasteiger charge is 2.10. The summed E-state index contributed by atoms with van der Waals surface area (Å²) in [6.07, 6.45) is 3.10. The van der Waals surface area contributed by atoms with Crippen LogP contribution in [0.3, 0.4) is 0 Å². The number of aromatic hydroxyl groups is 1. The quantitative estimate of drug-likeness (QED) is 0.684. The maximum Gasteiger partial charge on any atom is 0.166 e. The van der Waals surface area contributed by atoms with Crippen LogP contribution in [0.25, 0.3) is 16.7 Å². The molecule has 1 aromatic carbocycles. The SMILES string of the molecule is Nc1ncnc2ccn(-c3ccc(O)c(F)c3)c12. The average molecular weight is 244 g/mol. The second kappa shape index (κ2) is 3.69. The number of anilines is 1. The van der Waals surface area contributed by atoms with Gasteiger partial charge in [0.2, 0.25) is 0 Å². The third-order valence-electron chi connectivity index (χ3n) is 2.71. The summed E-state index contributed by atoms with van der Waals surface area (Å²) < 4.78 is 15.0. The molecule has 3 aromatic rings. The zero-order valence-electron chi connectivity index (χ0n) is 9.21. The number of hydrogen-bond acceptors (Lipinski definition) is 4. The van der Waals surface area contributed by atoms with Crippen molar-refractivity contribution in [2.75, 3.05) is 5.73 Å². The van der Waals surface area contributed by atoms with Crippen molar-refractivity contribution in [3.8, 4) is 11.4 Å². The molecule has 0 fully saturated rings. The Hall–Kier alpha value is -2.63. The summed E-state index contributed by atoms with van der Waals surface area (Å²) >= 11 is 0. The van der Waals surface area contributed by atoms with Crippen LogP contribution in [-0.2, 0) is 0 Å². The Labute approximate surface area is 101 Å². The molecule has 2 aromatic heterocycles. The summed E-state index contributed by atoms with van der Waals surface area (Å²) in [6, 6.07) is 5.86. The Morgan fingerprint density at radius 2 is 2.06 bits per heavy atom. The number of rotatable bonds is 1. The molecular weight excluding hydrogens is 235 g/mol. The molecule has 0 aliphatic heterocycles. The maximum atomic E-state index is 13.3. The van der Waals surface area contributed by atoms with Crippen LogP contribution in [0.15, 0.2) is 36.8 Å². The lowest BCUT2D eigenvalue weighted by atomic mass is 10.3. The number of aromatic nitrogens is 3. The number of hydrogen-bond donors (Lipinski definition) is 2. The maximum absolute atomic E-state index is 13.3. The average Bonchev–Trinajstić information content (AvgIpc) is 2.78. The molecule has 0 spiro atoms. The van der Waals surface area contributed by atoms with E-state index in [-0.39, 0.29) is 5.75 Å². The van der Waals surface area contributed by atoms with Crippen molar-refractivity contribution >= 4 is 16.9 Å². The van der Waals surface area contributed by atoms with Crippen LogP contribution in [0.2, 0.25) is 0 Å². The Balaban J connectivity index is 2.28. The molecule has 2 heterocycles. The Morgan fingerprint density at radius 3 is 2.83 bits per heavy atom. The van der Waals surface area contributed by atoms with E-state index in [2.05, 4.69) is 9.97 Å². The molecule has 0 radical (unpaired) electrons. The van der Waals surface area contributed by atoms with Crippen LogP contribution >= 0.6 is 0 Å². The minimum absolute atomic E-state index is 0.318. The van der Waals surface area contributed by atoms with Crippen molar-refractivity contribution in [1.29, 1.82) is 0 Å². The fourth-order valence-corrected chi connectivity index (χ4v) is 1.86. The molecule has 3 N–H and O–H groups in total. The summed E-state index contributed by atoms with van der Waals surface area (Å²) in [7, 11) is 0. The first-order chi connectivity index (χ1) is 8.66. The van der Waals surface area contributed by atoms with E-state index in [9.17, 15) is 9.50 Å². The summed E-state index contributed by atoms with van der Waals surface area (Å²) in [5, 5.41) is 9.18. The molecule has 90 valence electrons. The van der Waals surface area contributed by atoms with Gasteiger partial charge in [0, 0.05) is 18.0 Å². The molecule has 0 aliphatic rings. The van der Waals surface area contributed by atoms with Crippen molar-refractivity contribution in [2.24, 2.45) is 0 Å². The molecule has 6 heteroatoms. The van der Waals surface area contributed by atoms with E-state index in [1.54, 1.807) is 22.9 Å². The smallest absolute Gasteiger partial charge is 0.166 e. The lowest BCUT2D eigenvalue weighted by Gasteiger charge is -2.07. The van der Waals surface area contributed by atoms with Crippen LogP contribution < -0.4 is 5.73 Å². The Morgan fingerprint density at radius 1 is 1.22 bits per heavy atom. The van der Waals surface area contributed by atoms with Gasteiger partial charge < -0.3 is 15.4 Å². The van der Waals surface area contributed by atoms with Gasteiger partial charge in [0.05, 0.1) is 5.52 Å². The van der Waals surface area contributed by atoms with Crippen LogP contribution in [0.1, 0.15) is 0 Å². The number of fused-ring (bicyclic) bond motifs is 1. The van der Waals surface area contributed by atoms with Gasteiger partial charge in [-0.25, -0.2) is 14.4 Å². The molecule has 0 saturated heterocycles. The van der Waals surface area contributed by atoms with Crippen LogP contribution in [0.4, 0.5) is 10.2 Å². The van der Waals surface area contributed by atoms with Gasteiger partial charge in [-0.05, 0) is 18.2 Å². The molecule has 18 heavy (non-hydrogen) atoms. The van der Waals surface area contributed by atoms with Gasteiger partial charge in [0.15, 0.2) is 17.4 Å². The largest absolute Gasteiger partial charge is 0.505 e. The Kier molecular flexibility index (Phi) is 2.16. The summed E-state index contributed by atoms with van der Waals surface area (Å²) in [5.74, 6) is -0.761. The molecule has 0 atom stereocenters. The molecule has 0 saturated carbocycles. The molecule has 3 rings (SSSR count). The van der Waals surface area contributed by atoms with Gasteiger partial charge in [-0.15, -0.1) is 0 Å². The lowest BCUT2D eigenvalue weighted by Crippen LogP contribution is -1.99. The number of nitrogens with two attached hydrogens (primary N) is 1.